The molecule has 1 amide bonds. The van der Waals surface area contributed by atoms with Crippen molar-refractivity contribution < 1.29 is 23.8 Å². The summed E-state index contributed by atoms with van der Waals surface area (Å²) in [6.45, 7) is -0.563. The van der Waals surface area contributed by atoms with E-state index in [0.717, 1.165) is 29.8 Å². The number of carbonyl (C=O) groups is 1. The highest BCUT2D eigenvalue weighted by atomic mass is 19.1. The Bertz CT molecular complexity index is 852. The summed E-state index contributed by atoms with van der Waals surface area (Å²) < 4.78 is 28.8. The maximum absolute atomic E-state index is 14.2. The molecule has 25 heavy (non-hydrogen) atoms. The van der Waals surface area contributed by atoms with Crippen molar-refractivity contribution in [2.24, 2.45) is 5.92 Å². The molecule has 0 unspecified atom stereocenters. The van der Waals surface area contributed by atoms with Crippen LogP contribution in [0.25, 0.3) is 5.69 Å². The highest BCUT2D eigenvalue weighted by Crippen LogP contribution is 2.57. The number of nitrogens with zero attached hydrogens (tertiary/aromatic N) is 2. The zero-order chi connectivity index (χ0) is 17.7. The van der Waals surface area contributed by atoms with Crippen molar-refractivity contribution in [1.29, 1.82) is 0 Å². The topological polar surface area (TPSA) is 87.4 Å². The van der Waals surface area contributed by atoms with Gasteiger partial charge in [-0.1, -0.05) is 0 Å². The number of aromatic nitrogens is 2. The summed E-state index contributed by atoms with van der Waals surface area (Å²) in [5.74, 6) is -1.21. The molecule has 0 spiro atoms. The van der Waals surface area contributed by atoms with E-state index in [-0.39, 0.29) is 23.8 Å². The lowest BCUT2D eigenvalue weighted by Gasteiger charge is -2.08. The lowest BCUT2D eigenvalue weighted by Crippen LogP contribution is -2.34. The van der Waals surface area contributed by atoms with E-state index in [1.165, 1.54) is 10.7 Å². The van der Waals surface area contributed by atoms with Crippen LogP contribution in [0.1, 0.15) is 34.1 Å². The fourth-order valence-corrected chi connectivity index (χ4v) is 3.49. The molecule has 1 aromatic heterocycles. The molecule has 3 N–H and O–H groups in total. The number of hydrogen-bond acceptors (Lipinski definition) is 4. The molecular weight excluding hydrogens is 332 g/mol. The van der Waals surface area contributed by atoms with Gasteiger partial charge in [0.1, 0.15) is 11.5 Å². The van der Waals surface area contributed by atoms with Crippen molar-refractivity contribution >= 4 is 5.91 Å². The van der Waals surface area contributed by atoms with Gasteiger partial charge in [0, 0.05) is 24.1 Å². The monoisotopic (exact) mass is 349 g/mol. The summed E-state index contributed by atoms with van der Waals surface area (Å²) in [5.41, 5.74) is 1.89. The number of nitrogens with one attached hydrogen (secondary N) is 1. The van der Waals surface area contributed by atoms with Gasteiger partial charge in [-0.15, -0.1) is 0 Å². The maximum Gasteiger partial charge on any atom is 0.272 e. The summed E-state index contributed by atoms with van der Waals surface area (Å²) in [6.07, 6.45) is 0.627. The average molecular weight is 349 g/mol. The molecule has 2 aliphatic carbocycles. The van der Waals surface area contributed by atoms with E-state index >= 15 is 0 Å². The molecule has 132 valence electrons. The molecule has 0 aliphatic heterocycles. The van der Waals surface area contributed by atoms with Crippen molar-refractivity contribution in [3.8, 4) is 5.69 Å². The summed E-state index contributed by atoms with van der Waals surface area (Å²) in [7, 11) is 0. The molecular formula is C17H17F2N3O3. The Morgan fingerprint density at radius 2 is 2.24 bits per heavy atom. The number of rotatable bonds is 5. The highest BCUT2D eigenvalue weighted by Gasteiger charge is 2.50. The molecule has 1 heterocycles. The van der Waals surface area contributed by atoms with Crippen LogP contribution in [-0.4, -0.2) is 45.2 Å². The van der Waals surface area contributed by atoms with E-state index in [0.29, 0.717) is 12.3 Å². The minimum absolute atomic E-state index is 0.102. The van der Waals surface area contributed by atoms with E-state index < -0.39 is 30.3 Å². The number of carbonyl (C=O) groups excluding carboxylic acids is 1. The number of aliphatic hydroxyl groups is 2. The van der Waals surface area contributed by atoms with Gasteiger partial charge in [-0.05, 0) is 30.9 Å². The van der Waals surface area contributed by atoms with Crippen LogP contribution < -0.4 is 5.32 Å². The molecule has 0 radical (unpaired) electrons. The van der Waals surface area contributed by atoms with Crippen LogP contribution in [0, 0.1) is 17.6 Å². The molecule has 6 nitrogen and oxygen atoms in total. The third kappa shape index (κ3) is 2.71. The third-order valence-electron chi connectivity index (χ3n) is 4.83. The maximum atomic E-state index is 14.2. The minimum atomic E-state index is -1.05. The Labute approximate surface area is 142 Å². The summed E-state index contributed by atoms with van der Waals surface area (Å²) >= 11 is 0. The van der Waals surface area contributed by atoms with Crippen molar-refractivity contribution in [1.82, 2.24) is 15.1 Å². The highest BCUT2D eigenvalue weighted by molar-refractivity contribution is 5.94. The van der Waals surface area contributed by atoms with Gasteiger partial charge >= 0.3 is 0 Å². The van der Waals surface area contributed by atoms with Gasteiger partial charge in [0.15, 0.2) is 11.5 Å². The van der Waals surface area contributed by atoms with Crippen LogP contribution in [0.3, 0.4) is 0 Å². The number of halogens is 2. The van der Waals surface area contributed by atoms with Crippen LogP contribution in [0.5, 0.6) is 0 Å². The van der Waals surface area contributed by atoms with Gasteiger partial charge in [-0.3, -0.25) is 4.79 Å². The van der Waals surface area contributed by atoms with Crippen LogP contribution in [0.2, 0.25) is 0 Å². The average Bonchev–Trinajstić information content (AvgIpc) is 3.09. The van der Waals surface area contributed by atoms with Gasteiger partial charge in [-0.25, -0.2) is 13.5 Å². The molecule has 0 saturated heterocycles. The first-order chi connectivity index (χ1) is 12.0. The first-order valence-corrected chi connectivity index (χ1v) is 8.14. The lowest BCUT2D eigenvalue weighted by molar-refractivity contribution is 0.0798. The Kier molecular flexibility index (Phi) is 3.81. The van der Waals surface area contributed by atoms with Crippen molar-refractivity contribution in [2.75, 3.05) is 13.2 Å². The van der Waals surface area contributed by atoms with Crippen molar-refractivity contribution in [3.05, 3.63) is 46.8 Å². The molecule has 2 aliphatic rings. The second-order valence-corrected chi connectivity index (χ2v) is 6.57. The van der Waals surface area contributed by atoms with Gasteiger partial charge < -0.3 is 15.5 Å². The molecule has 1 saturated carbocycles. The fraction of sp³-hybridized carbons (Fsp3) is 0.412. The van der Waals surface area contributed by atoms with Crippen LogP contribution in [-0.2, 0) is 6.42 Å². The molecule has 1 aromatic carbocycles. The minimum Gasteiger partial charge on any atom is -0.394 e. The van der Waals surface area contributed by atoms with E-state index in [2.05, 4.69) is 10.4 Å². The van der Waals surface area contributed by atoms with Crippen LogP contribution in [0.4, 0.5) is 8.78 Å². The zero-order valence-electron chi connectivity index (χ0n) is 13.2. The van der Waals surface area contributed by atoms with E-state index in [9.17, 15) is 18.7 Å². The molecule has 4 rings (SSSR count). The normalized spacial score (nSPS) is 21.6. The van der Waals surface area contributed by atoms with Gasteiger partial charge in [-0.2, -0.15) is 5.10 Å². The summed E-state index contributed by atoms with van der Waals surface area (Å²) in [6, 6.07) is 3.26. The predicted octanol–water partition coefficient (Wildman–Crippen LogP) is 0.893. The van der Waals surface area contributed by atoms with Gasteiger partial charge in [0.2, 0.25) is 0 Å². The van der Waals surface area contributed by atoms with Crippen molar-refractivity contribution in [3.63, 3.8) is 0 Å². The number of benzene rings is 1. The molecule has 3 atom stereocenters. The molecule has 0 bridgehead atoms. The third-order valence-corrected chi connectivity index (χ3v) is 4.83. The smallest absolute Gasteiger partial charge is 0.272 e. The number of amides is 1. The molecule has 2 aromatic rings. The van der Waals surface area contributed by atoms with E-state index in [4.69, 9.17) is 5.11 Å². The number of hydrogen-bond donors (Lipinski definition) is 3. The van der Waals surface area contributed by atoms with Crippen LogP contribution >= 0.6 is 0 Å². The summed E-state index contributed by atoms with van der Waals surface area (Å²) in [5, 5.41) is 25.0. The SMILES string of the molecule is O=C(NC[C@H](O)CO)c1nn(-c2ccc(F)cc2F)c2c1C[C@@H]1C[C@H]21. The van der Waals surface area contributed by atoms with E-state index in [1.807, 2.05) is 0 Å². The van der Waals surface area contributed by atoms with Gasteiger partial charge in [0.05, 0.1) is 18.4 Å². The molecule has 1 fully saturated rings. The predicted molar refractivity (Wildman–Crippen MR) is 83.5 cm³/mol. The number of fused-ring (bicyclic) bond motifs is 3. The second kappa shape index (κ2) is 5.89. The standard InChI is InChI=1S/C17H17F2N3O3/c18-9-1-2-14(13(19)5-9)22-16-11-3-8(11)4-12(16)15(21-22)17(25)20-6-10(24)7-23/h1-2,5,8,10-11,23-24H,3-4,6-7H2,(H,20,25)/t8-,10-,11-/m0/s1. The largest absolute Gasteiger partial charge is 0.394 e. The Morgan fingerprint density at radius 3 is 2.96 bits per heavy atom. The fourth-order valence-electron chi connectivity index (χ4n) is 3.49. The molecule has 8 heteroatoms. The van der Waals surface area contributed by atoms with Gasteiger partial charge in [0.25, 0.3) is 5.91 Å². The Hall–Kier alpha value is -2.32. The first-order valence-electron chi connectivity index (χ1n) is 8.14. The second-order valence-electron chi connectivity index (χ2n) is 6.57. The van der Waals surface area contributed by atoms with Crippen LogP contribution in [0.15, 0.2) is 18.2 Å². The quantitative estimate of drug-likeness (QED) is 0.748. The van der Waals surface area contributed by atoms with E-state index in [1.54, 1.807) is 0 Å². The number of aliphatic hydroxyl groups excluding tert-OH is 2. The Balaban J connectivity index is 1.71. The van der Waals surface area contributed by atoms with Crippen molar-refractivity contribution in [2.45, 2.75) is 24.9 Å². The summed E-state index contributed by atoms with van der Waals surface area (Å²) in [4.78, 5) is 12.4. The first kappa shape index (κ1) is 16.2. The lowest BCUT2D eigenvalue weighted by atomic mass is 10.1. The Morgan fingerprint density at radius 1 is 1.44 bits per heavy atom. The zero-order valence-corrected chi connectivity index (χ0v) is 13.2.